The summed E-state index contributed by atoms with van der Waals surface area (Å²) in [6, 6.07) is 0. The average molecular weight is 230 g/mol. The Morgan fingerprint density at radius 1 is 0.929 bits per heavy atom. The van der Waals surface area contributed by atoms with Gasteiger partial charge in [0, 0.05) is 0 Å². The molecular weight excluding hydrogens is 228 g/mol. The van der Waals surface area contributed by atoms with Crippen molar-refractivity contribution >= 4 is 0 Å². The van der Waals surface area contributed by atoms with Crippen LogP contribution in [0.5, 0.6) is 0 Å². The summed E-state index contributed by atoms with van der Waals surface area (Å²) in [5.41, 5.74) is 0. The molecule has 0 spiro atoms. The lowest BCUT2D eigenvalue weighted by atomic mass is 10.1. The predicted octanol–water partition coefficient (Wildman–Crippen LogP) is 2.51. The molecule has 14 heavy (non-hydrogen) atoms. The van der Waals surface area contributed by atoms with Crippen molar-refractivity contribution in [3.8, 4) is 0 Å². The normalized spacial score (nSPS) is 42.9. The molecule has 1 fully saturated rings. The fourth-order valence-electron chi connectivity index (χ4n) is 0.883. The van der Waals surface area contributed by atoms with E-state index in [0.717, 1.165) is 0 Å². The van der Waals surface area contributed by atoms with E-state index in [2.05, 4.69) is 4.74 Å². The van der Waals surface area contributed by atoms with E-state index in [4.69, 9.17) is 0 Å². The largest absolute Gasteiger partial charge is 0.451 e. The van der Waals surface area contributed by atoms with Crippen LogP contribution in [0.4, 0.5) is 35.1 Å². The van der Waals surface area contributed by atoms with Crippen LogP contribution in [0.25, 0.3) is 0 Å². The zero-order chi connectivity index (χ0) is 11.4. The quantitative estimate of drug-likeness (QED) is 0.581. The van der Waals surface area contributed by atoms with Gasteiger partial charge in [0.15, 0.2) is 0 Å². The van der Waals surface area contributed by atoms with Gasteiger partial charge >= 0.3 is 18.1 Å². The van der Waals surface area contributed by atoms with Crippen LogP contribution in [0.3, 0.4) is 0 Å². The number of alkyl halides is 8. The first-order valence-corrected chi connectivity index (χ1v) is 3.14. The van der Waals surface area contributed by atoms with Gasteiger partial charge in [-0.1, -0.05) is 0 Å². The van der Waals surface area contributed by atoms with Crippen LogP contribution < -0.4 is 0 Å². The second-order valence-corrected chi connectivity index (χ2v) is 2.61. The summed E-state index contributed by atoms with van der Waals surface area (Å²) in [6.07, 6.45) is -19.3. The SMILES string of the molecule is F[C@H]1[C@H](F)C(F)(C(F)(F)F)OC1(F)F. The van der Waals surface area contributed by atoms with Gasteiger partial charge in [0.1, 0.15) is 0 Å². The standard InChI is InChI=1S/C5H2F8O/c6-1-2(7)4(9,10)14-3(1,8)5(11,12)13/h1-2H/t1-,2-,3?/m0/s1. The van der Waals surface area contributed by atoms with Crippen molar-refractivity contribution in [3.05, 3.63) is 0 Å². The van der Waals surface area contributed by atoms with Gasteiger partial charge in [-0.25, -0.2) is 8.78 Å². The van der Waals surface area contributed by atoms with Gasteiger partial charge in [-0.15, -0.1) is 0 Å². The topological polar surface area (TPSA) is 9.23 Å². The Labute approximate surface area is 71.6 Å². The van der Waals surface area contributed by atoms with Crippen molar-refractivity contribution in [2.45, 2.75) is 30.5 Å². The predicted molar refractivity (Wildman–Crippen MR) is 25.7 cm³/mol. The van der Waals surface area contributed by atoms with E-state index in [1.807, 2.05) is 0 Å². The van der Waals surface area contributed by atoms with Crippen LogP contribution in [0.1, 0.15) is 0 Å². The van der Waals surface area contributed by atoms with Gasteiger partial charge in [-0.2, -0.15) is 26.3 Å². The van der Waals surface area contributed by atoms with Crippen molar-refractivity contribution in [2.24, 2.45) is 0 Å². The van der Waals surface area contributed by atoms with Gasteiger partial charge in [0.05, 0.1) is 0 Å². The van der Waals surface area contributed by atoms with Gasteiger partial charge in [0.25, 0.3) is 0 Å². The zero-order valence-corrected chi connectivity index (χ0v) is 6.09. The third kappa shape index (κ3) is 1.33. The van der Waals surface area contributed by atoms with Crippen molar-refractivity contribution in [2.75, 3.05) is 0 Å². The van der Waals surface area contributed by atoms with Crippen LogP contribution in [-0.4, -0.2) is 30.5 Å². The van der Waals surface area contributed by atoms with Gasteiger partial charge in [-0.05, 0) is 0 Å². The second kappa shape index (κ2) is 2.71. The highest BCUT2D eigenvalue weighted by molar-refractivity contribution is 5.00. The molecule has 1 rings (SSSR count). The number of ether oxygens (including phenoxy) is 1. The van der Waals surface area contributed by atoms with E-state index < -0.39 is 30.5 Å². The van der Waals surface area contributed by atoms with Crippen molar-refractivity contribution in [1.82, 2.24) is 0 Å². The van der Waals surface area contributed by atoms with Crippen molar-refractivity contribution in [3.63, 3.8) is 0 Å². The molecule has 1 aliphatic heterocycles. The molecule has 0 aromatic heterocycles. The zero-order valence-electron chi connectivity index (χ0n) is 6.09. The maximum Gasteiger partial charge on any atom is 0.451 e. The molecule has 1 saturated heterocycles. The lowest BCUT2D eigenvalue weighted by Crippen LogP contribution is -2.48. The molecular formula is C5H2F8O. The summed E-state index contributed by atoms with van der Waals surface area (Å²) in [7, 11) is 0. The molecule has 9 heteroatoms. The Bertz CT molecular complexity index is 233. The minimum Gasteiger partial charge on any atom is -0.270 e. The highest BCUT2D eigenvalue weighted by atomic mass is 19.4. The summed E-state index contributed by atoms with van der Waals surface area (Å²) in [6.45, 7) is 0. The number of halogens is 8. The smallest absolute Gasteiger partial charge is 0.270 e. The first-order chi connectivity index (χ1) is 6.02. The third-order valence-electron chi connectivity index (χ3n) is 1.60. The molecule has 0 saturated carbocycles. The first-order valence-electron chi connectivity index (χ1n) is 3.14. The summed E-state index contributed by atoms with van der Waals surface area (Å²) in [5, 5.41) is 0. The average Bonchev–Trinajstić information content (AvgIpc) is 2.11. The monoisotopic (exact) mass is 230 g/mol. The molecule has 0 N–H and O–H groups in total. The van der Waals surface area contributed by atoms with Crippen LogP contribution in [0, 0.1) is 0 Å². The molecule has 1 unspecified atom stereocenters. The molecule has 0 radical (unpaired) electrons. The summed E-state index contributed by atoms with van der Waals surface area (Å²) in [4.78, 5) is 0. The highest BCUT2D eigenvalue weighted by Crippen LogP contribution is 2.52. The van der Waals surface area contributed by atoms with E-state index in [-0.39, 0.29) is 0 Å². The maximum atomic E-state index is 12.5. The Morgan fingerprint density at radius 2 is 1.36 bits per heavy atom. The van der Waals surface area contributed by atoms with Crippen LogP contribution >= 0.6 is 0 Å². The first kappa shape index (κ1) is 11.5. The molecule has 1 nitrogen and oxygen atoms in total. The fraction of sp³-hybridized carbons (Fsp3) is 1.00. The summed E-state index contributed by atoms with van der Waals surface area (Å²) >= 11 is 0. The van der Waals surface area contributed by atoms with Crippen LogP contribution in [0.15, 0.2) is 0 Å². The molecule has 1 heterocycles. The van der Waals surface area contributed by atoms with E-state index in [0.29, 0.717) is 0 Å². The molecule has 0 aliphatic carbocycles. The van der Waals surface area contributed by atoms with E-state index in [9.17, 15) is 35.1 Å². The minimum absolute atomic E-state index is 2.45. The Hall–Kier alpha value is -0.600. The number of hydrogen-bond acceptors (Lipinski definition) is 1. The van der Waals surface area contributed by atoms with Crippen molar-refractivity contribution in [1.29, 1.82) is 0 Å². The third-order valence-corrected chi connectivity index (χ3v) is 1.60. The van der Waals surface area contributed by atoms with Crippen LogP contribution in [-0.2, 0) is 4.74 Å². The fourth-order valence-corrected chi connectivity index (χ4v) is 0.883. The van der Waals surface area contributed by atoms with E-state index >= 15 is 0 Å². The molecule has 1 aliphatic rings. The van der Waals surface area contributed by atoms with Crippen molar-refractivity contribution < 1.29 is 39.9 Å². The number of hydrogen-bond donors (Lipinski definition) is 0. The lowest BCUT2D eigenvalue weighted by Gasteiger charge is -2.23. The van der Waals surface area contributed by atoms with Crippen LogP contribution in [0.2, 0.25) is 0 Å². The molecule has 0 bridgehead atoms. The second-order valence-electron chi connectivity index (χ2n) is 2.61. The van der Waals surface area contributed by atoms with Gasteiger partial charge in [0.2, 0.25) is 12.3 Å². The molecule has 84 valence electrons. The Kier molecular flexibility index (Phi) is 2.22. The van der Waals surface area contributed by atoms with E-state index in [1.54, 1.807) is 0 Å². The summed E-state index contributed by atoms with van der Waals surface area (Å²) < 4.78 is 98.5. The van der Waals surface area contributed by atoms with E-state index in [1.165, 1.54) is 0 Å². The lowest BCUT2D eigenvalue weighted by molar-refractivity contribution is -0.385. The molecule has 0 amide bonds. The van der Waals surface area contributed by atoms with Gasteiger partial charge < -0.3 is 0 Å². The molecule has 3 atom stereocenters. The Balaban J connectivity index is 3.06. The Morgan fingerprint density at radius 3 is 1.50 bits per heavy atom. The molecule has 0 aromatic carbocycles. The van der Waals surface area contributed by atoms with Gasteiger partial charge in [-0.3, -0.25) is 4.74 Å². The number of rotatable bonds is 0. The maximum absolute atomic E-state index is 12.5. The molecule has 0 aromatic rings. The highest BCUT2D eigenvalue weighted by Gasteiger charge is 2.78. The minimum atomic E-state index is -6.06. The summed E-state index contributed by atoms with van der Waals surface area (Å²) in [5.74, 6) is -5.30.